The summed E-state index contributed by atoms with van der Waals surface area (Å²) in [7, 11) is 2.90. The Morgan fingerprint density at radius 2 is 1.72 bits per heavy atom. The van der Waals surface area contributed by atoms with Gasteiger partial charge in [-0.3, -0.25) is 18.5 Å². The smallest absolute Gasteiger partial charge is 0.332 e. The molecule has 7 nitrogen and oxygen atoms in total. The van der Waals surface area contributed by atoms with Crippen LogP contribution in [-0.2, 0) is 20.6 Å². The third-order valence-electron chi connectivity index (χ3n) is 5.66. The van der Waals surface area contributed by atoms with Crippen molar-refractivity contribution >= 4 is 17.1 Å². The molecule has 0 radical (unpaired) electrons. The first-order chi connectivity index (χ1) is 13.9. The van der Waals surface area contributed by atoms with Crippen molar-refractivity contribution in [1.82, 2.24) is 18.7 Å². The first kappa shape index (κ1) is 19.4. The summed E-state index contributed by atoms with van der Waals surface area (Å²) in [5.41, 5.74) is -0.893. The molecule has 0 bridgehead atoms. The van der Waals surface area contributed by atoms with Crippen molar-refractivity contribution in [2.24, 2.45) is 14.1 Å². The van der Waals surface area contributed by atoms with Gasteiger partial charge in [-0.1, -0.05) is 25.3 Å². The molecule has 2 heterocycles. The average molecular weight is 403 g/mol. The number of hydrogen-bond acceptors (Lipinski definition) is 4. The lowest BCUT2D eigenvalue weighted by atomic mass is 9.96. The Hall–Kier alpha value is -2.97. The Kier molecular flexibility index (Phi) is 4.97. The zero-order chi connectivity index (χ0) is 20.7. The molecule has 3 aromatic rings. The van der Waals surface area contributed by atoms with Gasteiger partial charge in [0.2, 0.25) is 5.95 Å². The Balaban J connectivity index is 1.92. The number of aromatic nitrogens is 4. The van der Waals surface area contributed by atoms with Gasteiger partial charge in [0.15, 0.2) is 11.2 Å². The molecule has 4 rings (SSSR count). The lowest BCUT2D eigenvalue weighted by Crippen LogP contribution is -2.37. The number of nitrogens with one attached hydrogen (secondary N) is 1. The largest absolute Gasteiger partial charge is 0.353 e. The van der Waals surface area contributed by atoms with Crippen LogP contribution in [0, 0.1) is 11.6 Å². The highest BCUT2D eigenvalue weighted by molar-refractivity contribution is 5.74. The van der Waals surface area contributed by atoms with E-state index in [1.165, 1.54) is 47.8 Å². The van der Waals surface area contributed by atoms with E-state index in [4.69, 9.17) is 0 Å². The maximum Gasteiger partial charge on any atom is 0.332 e. The second-order valence-corrected chi connectivity index (χ2v) is 7.58. The number of halogens is 2. The molecule has 0 saturated heterocycles. The van der Waals surface area contributed by atoms with Crippen molar-refractivity contribution in [2.45, 2.75) is 44.7 Å². The Bertz CT molecular complexity index is 1170. The van der Waals surface area contributed by atoms with Crippen molar-refractivity contribution < 1.29 is 8.78 Å². The van der Waals surface area contributed by atoms with E-state index in [2.05, 4.69) is 10.3 Å². The molecule has 2 aromatic heterocycles. The molecule has 1 aliphatic rings. The fourth-order valence-corrected chi connectivity index (χ4v) is 3.98. The molecular weight excluding hydrogens is 380 g/mol. The highest BCUT2D eigenvalue weighted by Crippen LogP contribution is 2.25. The summed E-state index contributed by atoms with van der Waals surface area (Å²) in [6.07, 6.45) is 5.24. The van der Waals surface area contributed by atoms with E-state index in [1.54, 1.807) is 0 Å². The lowest BCUT2D eigenvalue weighted by Gasteiger charge is -2.23. The summed E-state index contributed by atoms with van der Waals surface area (Å²) in [6.45, 7) is -0.211. The van der Waals surface area contributed by atoms with Gasteiger partial charge in [-0.15, -0.1) is 0 Å². The van der Waals surface area contributed by atoms with Gasteiger partial charge in [0.1, 0.15) is 11.6 Å². The fourth-order valence-electron chi connectivity index (χ4n) is 3.98. The average Bonchev–Trinajstić information content (AvgIpc) is 3.06. The number of benzene rings is 1. The van der Waals surface area contributed by atoms with Crippen molar-refractivity contribution in [1.29, 1.82) is 0 Å². The molecule has 9 heteroatoms. The van der Waals surface area contributed by atoms with E-state index < -0.39 is 22.9 Å². The molecule has 154 valence electrons. The number of hydrogen-bond donors (Lipinski definition) is 1. The van der Waals surface area contributed by atoms with E-state index in [0.717, 1.165) is 30.3 Å². The maximum absolute atomic E-state index is 14.3. The van der Waals surface area contributed by atoms with Crippen LogP contribution in [0.15, 0.2) is 27.8 Å². The quantitative estimate of drug-likeness (QED) is 0.727. The summed E-state index contributed by atoms with van der Waals surface area (Å²) in [5.74, 6) is -1.05. The van der Waals surface area contributed by atoms with Gasteiger partial charge in [0, 0.05) is 25.7 Å². The summed E-state index contributed by atoms with van der Waals surface area (Å²) in [6, 6.07) is 3.81. The van der Waals surface area contributed by atoms with Crippen LogP contribution in [0.2, 0.25) is 0 Å². The van der Waals surface area contributed by atoms with Crippen LogP contribution >= 0.6 is 0 Å². The van der Waals surface area contributed by atoms with Crippen LogP contribution in [0.4, 0.5) is 14.7 Å². The van der Waals surface area contributed by atoms with Gasteiger partial charge in [0.05, 0.1) is 6.54 Å². The molecule has 0 amide bonds. The van der Waals surface area contributed by atoms with Gasteiger partial charge in [-0.2, -0.15) is 4.98 Å². The normalized spacial score (nSPS) is 15.2. The summed E-state index contributed by atoms with van der Waals surface area (Å²) in [5, 5.41) is 3.33. The van der Waals surface area contributed by atoms with Crippen molar-refractivity contribution in [3.63, 3.8) is 0 Å². The minimum absolute atomic E-state index is 0.135. The van der Waals surface area contributed by atoms with Crippen LogP contribution in [0.3, 0.4) is 0 Å². The molecule has 1 N–H and O–H groups in total. The molecular formula is C20H23F2N5O2. The third-order valence-corrected chi connectivity index (χ3v) is 5.66. The molecule has 0 unspecified atom stereocenters. The van der Waals surface area contributed by atoms with Crippen LogP contribution in [0.5, 0.6) is 0 Å². The number of anilines is 1. The number of fused-ring (bicyclic) bond motifs is 1. The van der Waals surface area contributed by atoms with E-state index in [9.17, 15) is 18.4 Å². The van der Waals surface area contributed by atoms with Crippen molar-refractivity contribution in [3.05, 3.63) is 56.2 Å². The van der Waals surface area contributed by atoms with Crippen LogP contribution in [0.25, 0.3) is 11.2 Å². The SMILES string of the molecule is Cn1c(=O)c2c(nc(NC3CCCCC3)n2Cc2c(F)cccc2F)n(C)c1=O. The number of nitrogens with zero attached hydrogens (tertiary/aromatic N) is 4. The van der Waals surface area contributed by atoms with Gasteiger partial charge in [0.25, 0.3) is 5.56 Å². The van der Waals surface area contributed by atoms with Crippen molar-refractivity contribution in [2.75, 3.05) is 5.32 Å². The highest BCUT2D eigenvalue weighted by Gasteiger charge is 2.23. The molecule has 1 aromatic carbocycles. The summed E-state index contributed by atoms with van der Waals surface area (Å²) >= 11 is 0. The van der Waals surface area contributed by atoms with Crippen LogP contribution < -0.4 is 16.6 Å². The van der Waals surface area contributed by atoms with Gasteiger partial charge < -0.3 is 5.32 Å². The zero-order valence-electron chi connectivity index (χ0n) is 16.4. The molecule has 1 aliphatic carbocycles. The van der Waals surface area contributed by atoms with E-state index in [-0.39, 0.29) is 29.3 Å². The third kappa shape index (κ3) is 3.34. The van der Waals surface area contributed by atoms with Gasteiger partial charge >= 0.3 is 5.69 Å². The molecule has 29 heavy (non-hydrogen) atoms. The summed E-state index contributed by atoms with van der Waals surface area (Å²) in [4.78, 5) is 29.7. The minimum atomic E-state index is -0.697. The fraction of sp³-hybridized carbons (Fsp3) is 0.450. The molecule has 1 fully saturated rings. The van der Waals surface area contributed by atoms with Gasteiger partial charge in [-0.25, -0.2) is 13.6 Å². The monoisotopic (exact) mass is 403 g/mol. The van der Waals surface area contributed by atoms with E-state index in [1.807, 2.05) is 0 Å². The summed E-state index contributed by atoms with van der Waals surface area (Å²) < 4.78 is 32.4. The second-order valence-electron chi connectivity index (χ2n) is 7.58. The Morgan fingerprint density at radius 1 is 1.07 bits per heavy atom. The first-order valence-corrected chi connectivity index (χ1v) is 9.74. The molecule has 0 aliphatic heterocycles. The van der Waals surface area contributed by atoms with Gasteiger partial charge in [-0.05, 0) is 25.0 Å². The Morgan fingerprint density at radius 3 is 2.38 bits per heavy atom. The van der Waals surface area contributed by atoms with Crippen LogP contribution in [0.1, 0.15) is 37.7 Å². The zero-order valence-corrected chi connectivity index (χ0v) is 16.4. The van der Waals surface area contributed by atoms with E-state index in [0.29, 0.717) is 5.95 Å². The predicted octanol–water partition coefficient (Wildman–Crippen LogP) is 2.50. The van der Waals surface area contributed by atoms with Crippen LogP contribution in [-0.4, -0.2) is 24.7 Å². The number of rotatable bonds is 4. The number of aryl methyl sites for hydroxylation is 1. The lowest BCUT2D eigenvalue weighted by molar-refractivity contribution is 0.459. The second kappa shape index (κ2) is 7.46. The molecule has 0 spiro atoms. The maximum atomic E-state index is 14.3. The topological polar surface area (TPSA) is 73.8 Å². The van der Waals surface area contributed by atoms with Crippen molar-refractivity contribution in [3.8, 4) is 0 Å². The minimum Gasteiger partial charge on any atom is -0.353 e. The first-order valence-electron chi connectivity index (χ1n) is 9.74. The molecule has 1 saturated carbocycles. The standard InChI is InChI=1S/C20H23F2N5O2/c1-25-17-16(18(28)26(2)20(25)29)27(11-13-14(21)9-6-10-15(13)22)19(24-17)23-12-7-4-3-5-8-12/h6,9-10,12H,3-5,7-8,11H2,1-2H3,(H,23,24). The van der Waals surface area contributed by atoms with E-state index >= 15 is 0 Å². The molecule has 0 atom stereocenters. The predicted molar refractivity (Wildman–Crippen MR) is 106 cm³/mol. The Labute approximate surface area is 165 Å². The highest BCUT2D eigenvalue weighted by atomic mass is 19.1. The number of imidazole rings is 1.